The van der Waals surface area contributed by atoms with Crippen LogP contribution in [-0.2, 0) is 6.61 Å². The summed E-state index contributed by atoms with van der Waals surface area (Å²) >= 11 is 0. The average Bonchev–Trinajstić information content (AvgIpc) is 3.06. The predicted octanol–water partition coefficient (Wildman–Crippen LogP) is 5.37. The number of pyridine rings is 1. The van der Waals surface area contributed by atoms with Crippen molar-refractivity contribution in [3.8, 4) is 34.3 Å². The molecule has 0 aliphatic rings. The van der Waals surface area contributed by atoms with Crippen LogP contribution in [0.3, 0.4) is 0 Å². The topological polar surface area (TPSA) is 134 Å². The molecule has 2 amide bonds. The summed E-state index contributed by atoms with van der Waals surface area (Å²) in [5.74, 6) is 1.18. The van der Waals surface area contributed by atoms with Crippen LogP contribution in [0.5, 0.6) is 23.0 Å². The van der Waals surface area contributed by atoms with Gasteiger partial charge in [0.15, 0.2) is 0 Å². The number of para-hydroxylation sites is 2. The number of methoxy groups -OCH3 is 3. The zero-order valence-electron chi connectivity index (χ0n) is 24.4. The number of benzene rings is 4. The second-order valence-electron chi connectivity index (χ2n) is 9.56. The molecule has 0 aliphatic heterocycles. The Morgan fingerprint density at radius 2 is 1.57 bits per heavy atom. The Kier molecular flexibility index (Phi) is 9.00. The summed E-state index contributed by atoms with van der Waals surface area (Å²) in [6.07, 6.45) is 1.52. The number of hydrogen-bond donors (Lipinski definition) is 2. The third kappa shape index (κ3) is 6.44. The molecule has 222 valence electrons. The van der Waals surface area contributed by atoms with E-state index in [1.54, 1.807) is 75.9 Å². The molecule has 0 atom stereocenters. The number of nitrogens with one attached hydrogen (secondary N) is 1. The van der Waals surface area contributed by atoms with Gasteiger partial charge in [0.2, 0.25) is 0 Å². The minimum atomic E-state index is -0.582. The Balaban J connectivity index is 1.39. The number of ether oxygens (including phenoxy) is 4. The number of nitrogens with two attached hydrogens (primary N) is 1. The van der Waals surface area contributed by atoms with E-state index in [2.05, 4.69) is 10.5 Å². The Morgan fingerprint density at radius 3 is 2.34 bits per heavy atom. The molecule has 0 unspecified atom stereocenters. The molecule has 10 nitrogen and oxygen atoms in total. The van der Waals surface area contributed by atoms with Crippen molar-refractivity contribution in [3.05, 3.63) is 113 Å². The lowest BCUT2D eigenvalue weighted by atomic mass is 10.0. The second-order valence-corrected chi connectivity index (χ2v) is 9.56. The Labute approximate surface area is 254 Å². The van der Waals surface area contributed by atoms with Crippen LogP contribution in [-0.4, -0.2) is 44.3 Å². The van der Waals surface area contributed by atoms with E-state index in [9.17, 15) is 9.59 Å². The fourth-order valence-corrected chi connectivity index (χ4v) is 4.68. The van der Waals surface area contributed by atoms with Crippen molar-refractivity contribution in [2.45, 2.75) is 6.61 Å². The molecule has 0 saturated heterocycles. The Bertz CT molecular complexity index is 1870. The first-order valence-electron chi connectivity index (χ1n) is 13.6. The highest BCUT2D eigenvalue weighted by Crippen LogP contribution is 2.34. The predicted molar refractivity (Wildman–Crippen MR) is 168 cm³/mol. The molecule has 0 radical (unpaired) electrons. The first-order chi connectivity index (χ1) is 21.4. The molecule has 0 aliphatic carbocycles. The maximum Gasteiger partial charge on any atom is 0.272 e. The van der Waals surface area contributed by atoms with Gasteiger partial charge in [-0.2, -0.15) is 5.10 Å². The van der Waals surface area contributed by atoms with Crippen LogP contribution in [0.4, 0.5) is 0 Å². The molecule has 1 aromatic heterocycles. The van der Waals surface area contributed by atoms with E-state index in [1.807, 2.05) is 36.4 Å². The lowest BCUT2D eigenvalue weighted by Gasteiger charge is -2.13. The van der Waals surface area contributed by atoms with Gasteiger partial charge >= 0.3 is 0 Å². The quantitative estimate of drug-likeness (QED) is 0.156. The van der Waals surface area contributed by atoms with Gasteiger partial charge in [-0.05, 0) is 66.2 Å². The molecule has 0 fully saturated rings. The number of amides is 2. The number of aromatic nitrogens is 1. The summed E-state index contributed by atoms with van der Waals surface area (Å²) < 4.78 is 22.3. The summed E-state index contributed by atoms with van der Waals surface area (Å²) in [5, 5.41) is 4.88. The summed E-state index contributed by atoms with van der Waals surface area (Å²) in [6, 6.07) is 26.6. The summed E-state index contributed by atoms with van der Waals surface area (Å²) in [5.41, 5.74) is 12.0. The minimum Gasteiger partial charge on any atom is -0.497 e. The van der Waals surface area contributed by atoms with Gasteiger partial charge in [0.05, 0.1) is 49.9 Å². The van der Waals surface area contributed by atoms with Gasteiger partial charge < -0.3 is 24.7 Å². The summed E-state index contributed by atoms with van der Waals surface area (Å²) in [7, 11) is 4.71. The number of hydrogen-bond acceptors (Lipinski definition) is 8. The molecule has 3 N–H and O–H groups in total. The Hall–Kier alpha value is -5.90. The lowest BCUT2D eigenvalue weighted by Crippen LogP contribution is -2.18. The third-order valence-corrected chi connectivity index (χ3v) is 6.86. The number of nitrogens with zero attached hydrogens (tertiary/aromatic N) is 2. The molecule has 1 heterocycles. The molecule has 0 spiro atoms. The van der Waals surface area contributed by atoms with Gasteiger partial charge in [-0.15, -0.1) is 0 Å². The smallest absolute Gasteiger partial charge is 0.272 e. The summed E-state index contributed by atoms with van der Waals surface area (Å²) in [4.78, 5) is 30.0. The number of primary amides is 1. The van der Waals surface area contributed by atoms with Gasteiger partial charge in [-0.3, -0.25) is 9.59 Å². The van der Waals surface area contributed by atoms with Crippen molar-refractivity contribution in [2.75, 3.05) is 21.3 Å². The monoisotopic (exact) mass is 590 g/mol. The van der Waals surface area contributed by atoms with Gasteiger partial charge in [0, 0.05) is 16.5 Å². The van der Waals surface area contributed by atoms with Crippen molar-refractivity contribution in [1.29, 1.82) is 0 Å². The highest BCUT2D eigenvalue weighted by atomic mass is 16.5. The van der Waals surface area contributed by atoms with E-state index in [0.717, 1.165) is 0 Å². The van der Waals surface area contributed by atoms with E-state index in [4.69, 9.17) is 29.7 Å². The fraction of sp³-hybridized carbons (Fsp3) is 0.118. The van der Waals surface area contributed by atoms with Crippen molar-refractivity contribution in [3.63, 3.8) is 0 Å². The van der Waals surface area contributed by atoms with Gasteiger partial charge in [0.25, 0.3) is 11.8 Å². The highest BCUT2D eigenvalue weighted by Gasteiger charge is 2.17. The molecule has 10 heteroatoms. The van der Waals surface area contributed by atoms with E-state index < -0.39 is 11.8 Å². The second kappa shape index (κ2) is 13.4. The van der Waals surface area contributed by atoms with Crippen LogP contribution >= 0.6 is 0 Å². The van der Waals surface area contributed by atoms with E-state index in [0.29, 0.717) is 61.8 Å². The average molecular weight is 591 g/mol. The van der Waals surface area contributed by atoms with Gasteiger partial charge in [-0.25, -0.2) is 10.4 Å². The maximum absolute atomic E-state index is 13.4. The molecule has 0 saturated carbocycles. The van der Waals surface area contributed by atoms with Crippen LogP contribution in [0, 0.1) is 0 Å². The molecule has 5 rings (SSSR count). The number of hydrazone groups is 1. The standard InChI is InChI=1S/C34H30N4O6/c1-41-23-13-15-31(43-3)27(17-23)29-18-26(24-8-4-6-10-28(24)37-29)34(40)38-36-19-21-12-14-30(42-2)22(16-21)20-44-32-11-7-5-9-25(32)33(35)39/h4-19H,20H2,1-3H3,(H2,35,39)(H,38,40). The first kappa shape index (κ1) is 29.6. The number of rotatable bonds is 11. The van der Waals surface area contributed by atoms with Crippen molar-refractivity contribution in [1.82, 2.24) is 10.4 Å². The molecule has 44 heavy (non-hydrogen) atoms. The van der Waals surface area contributed by atoms with Gasteiger partial charge in [0.1, 0.15) is 29.6 Å². The normalized spacial score (nSPS) is 10.9. The highest BCUT2D eigenvalue weighted by molar-refractivity contribution is 6.07. The van der Waals surface area contributed by atoms with E-state index >= 15 is 0 Å². The Morgan fingerprint density at radius 1 is 0.818 bits per heavy atom. The van der Waals surface area contributed by atoms with Gasteiger partial charge in [-0.1, -0.05) is 30.3 Å². The maximum atomic E-state index is 13.4. The molecule has 5 aromatic rings. The molecule has 4 aromatic carbocycles. The zero-order chi connectivity index (χ0) is 31.1. The number of carbonyl (C=O) groups excluding carboxylic acids is 2. The summed E-state index contributed by atoms with van der Waals surface area (Å²) in [6.45, 7) is 0.112. The largest absolute Gasteiger partial charge is 0.497 e. The van der Waals surface area contributed by atoms with Crippen LogP contribution in [0.25, 0.3) is 22.2 Å². The number of carbonyl (C=O) groups is 2. The van der Waals surface area contributed by atoms with Crippen molar-refractivity contribution >= 4 is 28.9 Å². The molecular formula is C34H30N4O6. The zero-order valence-corrected chi connectivity index (χ0v) is 24.4. The van der Waals surface area contributed by atoms with Crippen molar-refractivity contribution < 1.29 is 28.5 Å². The SMILES string of the molecule is COc1ccc(OC)c(-c2cc(C(=O)NN=Cc3ccc(OC)c(COc4ccccc4C(N)=O)c3)c3ccccc3n2)c1. The molecular weight excluding hydrogens is 560 g/mol. The van der Waals surface area contributed by atoms with E-state index in [-0.39, 0.29) is 12.2 Å². The van der Waals surface area contributed by atoms with Crippen LogP contribution in [0.1, 0.15) is 31.8 Å². The van der Waals surface area contributed by atoms with Crippen molar-refractivity contribution in [2.24, 2.45) is 10.8 Å². The van der Waals surface area contributed by atoms with Crippen LogP contribution < -0.4 is 30.1 Å². The fourth-order valence-electron chi connectivity index (χ4n) is 4.68. The van der Waals surface area contributed by atoms with Crippen LogP contribution in [0.15, 0.2) is 96.1 Å². The first-order valence-corrected chi connectivity index (χ1v) is 13.6. The molecule has 0 bridgehead atoms. The minimum absolute atomic E-state index is 0.112. The number of fused-ring (bicyclic) bond motifs is 1. The lowest BCUT2D eigenvalue weighted by molar-refractivity contribution is 0.0955. The van der Waals surface area contributed by atoms with Crippen LogP contribution in [0.2, 0.25) is 0 Å². The van der Waals surface area contributed by atoms with E-state index in [1.165, 1.54) is 6.21 Å². The third-order valence-electron chi connectivity index (χ3n) is 6.86.